The maximum atomic E-state index is 5.86. The van der Waals surface area contributed by atoms with E-state index >= 15 is 0 Å². The Morgan fingerprint density at radius 1 is 1.25 bits per heavy atom. The number of aromatic nitrogens is 3. The van der Waals surface area contributed by atoms with E-state index in [4.69, 9.17) is 10.3 Å². The Labute approximate surface area is 91.5 Å². The van der Waals surface area contributed by atoms with Crippen LogP contribution in [-0.4, -0.2) is 14.7 Å². The lowest BCUT2D eigenvalue weighted by Crippen LogP contribution is -2.03. The zero-order chi connectivity index (χ0) is 11.0. The minimum Gasteiger partial charge on any atom is -0.369 e. The molecule has 80 valence electrons. The van der Waals surface area contributed by atoms with Crippen LogP contribution in [0, 0.1) is 0 Å². The SMILES string of the molecule is Nc1nc2ccccc2n1Cc1ccno1. The molecule has 16 heavy (non-hydrogen) atoms. The number of fused-ring (bicyclic) bond motifs is 1. The molecule has 5 heteroatoms. The molecule has 2 aromatic heterocycles. The van der Waals surface area contributed by atoms with Gasteiger partial charge in [0.15, 0.2) is 5.76 Å². The van der Waals surface area contributed by atoms with Crippen molar-refractivity contribution in [3.63, 3.8) is 0 Å². The van der Waals surface area contributed by atoms with Gasteiger partial charge in [-0.1, -0.05) is 17.3 Å². The molecular weight excluding hydrogens is 204 g/mol. The summed E-state index contributed by atoms with van der Waals surface area (Å²) < 4.78 is 6.96. The van der Waals surface area contributed by atoms with Crippen molar-refractivity contribution in [2.75, 3.05) is 5.73 Å². The van der Waals surface area contributed by atoms with Crippen molar-refractivity contribution in [3.05, 3.63) is 42.3 Å². The van der Waals surface area contributed by atoms with Crippen LogP contribution in [0.5, 0.6) is 0 Å². The Bertz CT molecular complexity index is 612. The van der Waals surface area contributed by atoms with Gasteiger partial charge in [0.05, 0.1) is 23.8 Å². The summed E-state index contributed by atoms with van der Waals surface area (Å²) in [5.41, 5.74) is 7.74. The van der Waals surface area contributed by atoms with Crippen LogP contribution in [0.1, 0.15) is 5.76 Å². The smallest absolute Gasteiger partial charge is 0.201 e. The van der Waals surface area contributed by atoms with Crippen molar-refractivity contribution in [3.8, 4) is 0 Å². The van der Waals surface area contributed by atoms with Gasteiger partial charge in [0.25, 0.3) is 0 Å². The number of rotatable bonds is 2. The minimum absolute atomic E-state index is 0.484. The van der Waals surface area contributed by atoms with Gasteiger partial charge in [-0.05, 0) is 12.1 Å². The van der Waals surface area contributed by atoms with Gasteiger partial charge in [-0.25, -0.2) is 4.98 Å². The number of hydrogen-bond acceptors (Lipinski definition) is 4. The Morgan fingerprint density at radius 3 is 2.94 bits per heavy atom. The molecule has 0 saturated heterocycles. The van der Waals surface area contributed by atoms with Gasteiger partial charge < -0.3 is 14.8 Å². The van der Waals surface area contributed by atoms with Crippen LogP contribution in [0.25, 0.3) is 11.0 Å². The average molecular weight is 214 g/mol. The summed E-state index contributed by atoms with van der Waals surface area (Å²) in [5, 5.41) is 3.66. The van der Waals surface area contributed by atoms with Crippen molar-refractivity contribution >= 4 is 17.0 Å². The van der Waals surface area contributed by atoms with Crippen molar-refractivity contribution in [2.24, 2.45) is 0 Å². The van der Waals surface area contributed by atoms with Crippen LogP contribution in [0.3, 0.4) is 0 Å². The number of nitrogens with two attached hydrogens (primary N) is 1. The van der Waals surface area contributed by atoms with Gasteiger partial charge in [0.1, 0.15) is 0 Å². The van der Waals surface area contributed by atoms with E-state index < -0.39 is 0 Å². The highest BCUT2D eigenvalue weighted by atomic mass is 16.5. The number of nitrogens with zero attached hydrogens (tertiary/aromatic N) is 3. The first-order valence-corrected chi connectivity index (χ1v) is 4.95. The van der Waals surface area contributed by atoms with Gasteiger partial charge in [0, 0.05) is 6.07 Å². The molecule has 1 aromatic carbocycles. The summed E-state index contributed by atoms with van der Waals surface area (Å²) in [7, 11) is 0. The molecule has 0 aliphatic rings. The lowest BCUT2D eigenvalue weighted by molar-refractivity contribution is 0.378. The van der Waals surface area contributed by atoms with Gasteiger partial charge in [-0.15, -0.1) is 0 Å². The number of imidazole rings is 1. The van der Waals surface area contributed by atoms with Crippen LogP contribution < -0.4 is 5.73 Å². The number of nitrogen functional groups attached to an aromatic ring is 1. The molecule has 0 spiro atoms. The van der Waals surface area contributed by atoms with Crippen molar-refractivity contribution in [1.82, 2.24) is 14.7 Å². The zero-order valence-corrected chi connectivity index (χ0v) is 8.50. The van der Waals surface area contributed by atoms with Crippen LogP contribution >= 0.6 is 0 Å². The summed E-state index contributed by atoms with van der Waals surface area (Å²) in [6, 6.07) is 9.62. The van der Waals surface area contributed by atoms with Crippen LogP contribution in [0.15, 0.2) is 41.1 Å². The van der Waals surface area contributed by atoms with Crippen molar-refractivity contribution in [2.45, 2.75) is 6.54 Å². The van der Waals surface area contributed by atoms with Crippen LogP contribution in [0.4, 0.5) is 5.95 Å². The molecule has 2 N–H and O–H groups in total. The lowest BCUT2D eigenvalue weighted by atomic mass is 10.3. The zero-order valence-electron chi connectivity index (χ0n) is 8.50. The van der Waals surface area contributed by atoms with Gasteiger partial charge >= 0.3 is 0 Å². The lowest BCUT2D eigenvalue weighted by Gasteiger charge is -2.02. The molecule has 0 atom stereocenters. The molecule has 0 radical (unpaired) electrons. The monoisotopic (exact) mass is 214 g/mol. The highest BCUT2D eigenvalue weighted by Gasteiger charge is 2.09. The highest BCUT2D eigenvalue weighted by Crippen LogP contribution is 2.18. The van der Waals surface area contributed by atoms with E-state index in [2.05, 4.69) is 10.1 Å². The molecule has 0 bridgehead atoms. The fraction of sp³-hybridized carbons (Fsp3) is 0.0909. The summed E-state index contributed by atoms with van der Waals surface area (Å²) in [6.45, 7) is 0.548. The number of benzene rings is 1. The second kappa shape index (κ2) is 3.37. The van der Waals surface area contributed by atoms with Gasteiger partial charge in [-0.2, -0.15) is 0 Å². The first-order chi connectivity index (χ1) is 7.84. The molecule has 0 saturated carbocycles. The maximum Gasteiger partial charge on any atom is 0.201 e. The first-order valence-electron chi connectivity index (χ1n) is 4.95. The van der Waals surface area contributed by atoms with E-state index in [1.165, 1.54) is 0 Å². The van der Waals surface area contributed by atoms with E-state index in [-0.39, 0.29) is 0 Å². The van der Waals surface area contributed by atoms with E-state index in [0.717, 1.165) is 16.8 Å². The molecule has 0 aliphatic heterocycles. The molecule has 0 unspecified atom stereocenters. The molecule has 3 aromatic rings. The largest absolute Gasteiger partial charge is 0.369 e. The maximum absolute atomic E-state index is 5.86. The van der Waals surface area contributed by atoms with Gasteiger partial charge in [0.2, 0.25) is 5.95 Å². The van der Waals surface area contributed by atoms with Crippen molar-refractivity contribution < 1.29 is 4.52 Å². The Hall–Kier alpha value is -2.30. The van der Waals surface area contributed by atoms with E-state index in [1.807, 2.05) is 34.9 Å². The summed E-state index contributed by atoms with van der Waals surface area (Å²) in [5.74, 6) is 1.24. The van der Waals surface area contributed by atoms with E-state index in [1.54, 1.807) is 6.20 Å². The topological polar surface area (TPSA) is 69.9 Å². The molecule has 3 rings (SSSR count). The van der Waals surface area contributed by atoms with Crippen molar-refractivity contribution in [1.29, 1.82) is 0 Å². The van der Waals surface area contributed by atoms with Crippen LogP contribution in [0.2, 0.25) is 0 Å². The van der Waals surface area contributed by atoms with Gasteiger partial charge in [-0.3, -0.25) is 0 Å². The minimum atomic E-state index is 0.484. The Balaban J connectivity index is 2.12. The fourth-order valence-electron chi connectivity index (χ4n) is 1.74. The standard InChI is InChI=1S/C11H10N4O/c12-11-14-9-3-1-2-4-10(9)15(11)7-8-5-6-13-16-8/h1-6H,7H2,(H2,12,14). The predicted molar refractivity (Wildman–Crippen MR) is 59.8 cm³/mol. The molecule has 0 amide bonds. The number of anilines is 1. The third-order valence-corrected chi connectivity index (χ3v) is 2.49. The average Bonchev–Trinajstić information content (AvgIpc) is 2.89. The second-order valence-electron chi connectivity index (χ2n) is 3.52. The third kappa shape index (κ3) is 1.33. The molecule has 0 fully saturated rings. The summed E-state index contributed by atoms with van der Waals surface area (Å²) >= 11 is 0. The van der Waals surface area contributed by atoms with E-state index in [0.29, 0.717) is 12.5 Å². The highest BCUT2D eigenvalue weighted by molar-refractivity contribution is 5.78. The summed E-state index contributed by atoms with van der Waals surface area (Å²) in [4.78, 5) is 4.27. The normalized spacial score (nSPS) is 11.0. The molecule has 2 heterocycles. The molecule has 0 aliphatic carbocycles. The second-order valence-corrected chi connectivity index (χ2v) is 3.52. The number of hydrogen-bond donors (Lipinski definition) is 1. The fourth-order valence-corrected chi connectivity index (χ4v) is 1.74. The molecular formula is C11H10N4O. The predicted octanol–water partition coefficient (Wildman–Crippen LogP) is 1.65. The summed E-state index contributed by atoms with van der Waals surface area (Å²) in [6.07, 6.45) is 1.62. The Morgan fingerprint density at radius 2 is 2.12 bits per heavy atom. The Kier molecular flexibility index (Phi) is 1.89. The first kappa shape index (κ1) is 8.96. The van der Waals surface area contributed by atoms with Crippen LogP contribution in [-0.2, 0) is 6.54 Å². The third-order valence-electron chi connectivity index (χ3n) is 2.49. The van der Waals surface area contributed by atoms with E-state index in [9.17, 15) is 0 Å². The molecule has 5 nitrogen and oxygen atoms in total. The number of para-hydroxylation sites is 2. The quantitative estimate of drug-likeness (QED) is 0.704.